The van der Waals surface area contributed by atoms with Crippen LogP contribution in [-0.2, 0) is 0 Å². The van der Waals surface area contributed by atoms with Crippen molar-refractivity contribution in [3.8, 4) is 0 Å². The number of aromatic amines is 1. The Morgan fingerprint density at radius 2 is 1.88 bits per heavy atom. The molecule has 86 valence electrons. The van der Waals surface area contributed by atoms with Crippen LogP contribution in [0.15, 0.2) is 24.3 Å². The second kappa shape index (κ2) is 4.32. The Balaban J connectivity index is 2.46. The highest BCUT2D eigenvalue weighted by atomic mass is 14.7. The molecule has 2 aromatic rings. The third kappa shape index (κ3) is 1.99. The Hall–Kier alpha value is -1.24. The Labute approximate surface area is 97.9 Å². The summed E-state index contributed by atoms with van der Waals surface area (Å²) in [5.41, 5.74) is 4.05. The summed E-state index contributed by atoms with van der Waals surface area (Å²) in [7, 11) is 0. The molecule has 1 aromatic heterocycles. The highest BCUT2D eigenvalue weighted by Crippen LogP contribution is 2.26. The van der Waals surface area contributed by atoms with Gasteiger partial charge in [0.1, 0.15) is 0 Å². The number of H-pyrrole nitrogens is 1. The lowest BCUT2D eigenvalue weighted by Gasteiger charge is -2.04. The molecule has 1 heteroatoms. The first-order valence-corrected chi connectivity index (χ1v) is 6.24. The van der Waals surface area contributed by atoms with E-state index in [2.05, 4.69) is 56.9 Å². The Bertz CT molecular complexity index is 479. The van der Waals surface area contributed by atoms with Crippen molar-refractivity contribution >= 4 is 10.9 Å². The lowest BCUT2D eigenvalue weighted by Crippen LogP contribution is -1.90. The molecule has 0 radical (unpaired) electrons. The minimum atomic E-state index is 0.597. The SMILES string of the molecule is CCC(C)c1cc2ccc(C(C)C)cc2[nH]1. The smallest absolute Gasteiger partial charge is 0.0459 e. The molecule has 1 heterocycles. The van der Waals surface area contributed by atoms with Crippen LogP contribution in [-0.4, -0.2) is 4.98 Å². The van der Waals surface area contributed by atoms with E-state index in [1.54, 1.807) is 0 Å². The van der Waals surface area contributed by atoms with Crippen molar-refractivity contribution in [3.05, 3.63) is 35.5 Å². The van der Waals surface area contributed by atoms with Gasteiger partial charge in [0, 0.05) is 11.2 Å². The van der Waals surface area contributed by atoms with Crippen molar-refractivity contribution in [1.29, 1.82) is 0 Å². The molecule has 1 unspecified atom stereocenters. The molecule has 1 atom stereocenters. The quantitative estimate of drug-likeness (QED) is 0.756. The highest BCUT2D eigenvalue weighted by Gasteiger charge is 2.08. The van der Waals surface area contributed by atoms with Gasteiger partial charge in [0.2, 0.25) is 0 Å². The summed E-state index contributed by atoms with van der Waals surface area (Å²) < 4.78 is 0. The predicted molar refractivity (Wildman–Crippen MR) is 71.1 cm³/mol. The van der Waals surface area contributed by atoms with Gasteiger partial charge >= 0.3 is 0 Å². The molecule has 0 aliphatic rings. The van der Waals surface area contributed by atoms with E-state index in [-0.39, 0.29) is 0 Å². The van der Waals surface area contributed by atoms with Crippen molar-refractivity contribution < 1.29 is 0 Å². The zero-order chi connectivity index (χ0) is 11.7. The number of fused-ring (bicyclic) bond motifs is 1. The molecular formula is C15H21N. The van der Waals surface area contributed by atoms with Crippen molar-refractivity contribution in [1.82, 2.24) is 4.98 Å². The third-order valence-corrected chi connectivity index (χ3v) is 3.48. The maximum atomic E-state index is 3.54. The number of nitrogens with one attached hydrogen (secondary N) is 1. The molecule has 0 fully saturated rings. The number of rotatable bonds is 3. The van der Waals surface area contributed by atoms with Gasteiger partial charge in [-0.25, -0.2) is 0 Å². The molecule has 1 aromatic carbocycles. The second-order valence-corrected chi connectivity index (χ2v) is 5.04. The molecular weight excluding hydrogens is 194 g/mol. The maximum Gasteiger partial charge on any atom is 0.0459 e. The lowest BCUT2D eigenvalue weighted by atomic mass is 10.0. The van der Waals surface area contributed by atoms with E-state index in [0.717, 1.165) is 0 Å². The van der Waals surface area contributed by atoms with Gasteiger partial charge in [0.15, 0.2) is 0 Å². The molecule has 16 heavy (non-hydrogen) atoms. The van der Waals surface area contributed by atoms with E-state index in [9.17, 15) is 0 Å². The third-order valence-electron chi connectivity index (χ3n) is 3.48. The van der Waals surface area contributed by atoms with Gasteiger partial charge in [-0.1, -0.05) is 39.8 Å². The van der Waals surface area contributed by atoms with Gasteiger partial charge in [0.25, 0.3) is 0 Å². The molecule has 1 N–H and O–H groups in total. The van der Waals surface area contributed by atoms with Crippen LogP contribution >= 0.6 is 0 Å². The normalized spacial score (nSPS) is 13.6. The molecule has 0 amide bonds. The van der Waals surface area contributed by atoms with Crippen LogP contribution < -0.4 is 0 Å². The molecule has 0 aliphatic heterocycles. The van der Waals surface area contributed by atoms with Gasteiger partial charge < -0.3 is 4.98 Å². The van der Waals surface area contributed by atoms with E-state index in [1.807, 2.05) is 0 Å². The summed E-state index contributed by atoms with van der Waals surface area (Å²) in [6, 6.07) is 9.04. The molecule has 2 rings (SSSR count). The number of benzene rings is 1. The zero-order valence-corrected chi connectivity index (χ0v) is 10.7. The second-order valence-electron chi connectivity index (χ2n) is 5.04. The van der Waals surface area contributed by atoms with Gasteiger partial charge in [-0.05, 0) is 41.3 Å². The van der Waals surface area contributed by atoms with Gasteiger partial charge in [0.05, 0.1) is 0 Å². The van der Waals surface area contributed by atoms with E-state index >= 15 is 0 Å². The maximum absolute atomic E-state index is 3.54. The van der Waals surface area contributed by atoms with E-state index < -0.39 is 0 Å². The van der Waals surface area contributed by atoms with Crippen LogP contribution in [0.2, 0.25) is 0 Å². The van der Waals surface area contributed by atoms with Crippen LogP contribution in [0.1, 0.15) is 57.2 Å². The standard InChI is InChI=1S/C15H21N/c1-5-11(4)14-9-13-7-6-12(10(2)3)8-15(13)16-14/h6-11,16H,5H2,1-4H3. The van der Waals surface area contributed by atoms with Crippen LogP contribution in [0.25, 0.3) is 10.9 Å². The molecule has 1 nitrogen and oxygen atoms in total. The van der Waals surface area contributed by atoms with Gasteiger partial charge in [-0.2, -0.15) is 0 Å². The van der Waals surface area contributed by atoms with Crippen LogP contribution in [0.3, 0.4) is 0 Å². The summed E-state index contributed by atoms with van der Waals surface area (Å²) >= 11 is 0. The van der Waals surface area contributed by atoms with Crippen LogP contribution in [0.5, 0.6) is 0 Å². The first-order valence-electron chi connectivity index (χ1n) is 6.24. The zero-order valence-electron chi connectivity index (χ0n) is 10.7. The Morgan fingerprint density at radius 3 is 2.50 bits per heavy atom. The Kier molecular flexibility index (Phi) is 3.04. The molecule has 0 aliphatic carbocycles. The summed E-state index contributed by atoms with van der Waals surface area (Å²) in [4.78, 5) is 3.54. The van der Waals surface area contributed by atoms with E-state index in [1.165, 1.54) is 28.6 Å². The largest absolute Gasteiger partial charge is 0.358 e. The number of aromatic nitrogens is 1. The average Bonchev–Trinajstić information content (AvgIpc) is 2.70. The van der Waals surface area contributed by atoms with Crippen molar-refractivity contribution in [3.63, 3.8) is 0 Å². The average molecular weight is 215 g/mol. The summed E-state index contributed by atoms with van der Waals surface area (Å²) in [5, 5.41) is 1.33. The Morgan fingerprint density at radius 1 is 1.12 bits per heavy atom. The molecule has 0 saturated carbocycles. The summed E-state index contributed by atoms with van der Waals surface area (Å²) in [6.45, 7) is 8.98. The van der Waals surface area contributed by atoms with Crippen molar-refractivity contribution in [2.45, 2.75) is 46.0 Å². The topological polar surface area (TPSA) is 15.8 Å². The number of hydrogen-bond acceptors (Lipinski definition) is 0. The van der Waals surface area contributed by atoms with Crippen molar-refractivity contribution in [2.24, 2.45) is 0 Å². The fourth-order valence-corrected chi connectivity index (χ4v) is 2.01. The van der Waals surface area contributed by atoms with Gasteiger partial charge in [-0.3, -0.25) is 0 Å². The fourth-order valence-electron chi connectivity index (χ4n) is 2.01. The summed E-state index contributed by atoms with van der Waals surface area (Å²) in [6.07, 6.45) is 1.18. The van der Waals surface area contributed by atoms with E-state index in [0.29, 0.717) is 11.8 Å². The monoisotopic (exact) mass is 215 g/mol. The van der Waals surface area contributed by atoms with Crippen LogP contribution in [0.4, 0.5) is 0 Å². The lowest BCUT2D eigenvalue weighted by molar-refractivity contribution is 0.715. The molecule has 0 bridgehead atoms. The fraction of sp³-hybridized carbons (Fsp3) is 0.467. The van der Waals surface area contributed by atoms with Crippen LogP contribution in [0, 0.1) is 0 Å². The van der Waals surface area contributed by atoms with Gasteiger partial charge in [-0.15, -0.1) is 0 Å². The number of hydrogen-bond donors (Lipinski definition) is 1. The van der Waals surface area contributed by atoms with Crippen molar-refractivity contribution in [2.75, 3.05) is 0 Å². The minimum absolute atomic E-state index is 0.597. The first kappa shape index (κ1) is 11.3. The van der Waals surface area contributed by atoms with E-state index in [4.69, 9.17) is 0 Å². The first-order chi connectivity index (χ1) is 7.61. The summed E-state index contributed by atoms with van der Waals surface area (Å²) in [5.74, 6) is 1.22. The minimum Gasteiger partial charge on any atom is -0.358 e. The predicted octanol–water partition coefficient (Wildman–Crippen LogP) is 4.80. The highest BCUT2D eigenvalue weighted by molar-refractivity contribution is 5.81. The molecule has 0 saturated heterocycles. The molecule has 0 spiro atoms.